The number of nitrogens with zero attached hydrogens (tertiary/aromatic N) is 4. The molecular weight excluding hydrogens is 609 g/mol. The Kier molecular flexibility index (Phi) is 9.53. The van der Waals surface area contributed by atoms with Gasteiger partial charge in [-0.2, -0.15) is 17.5 Å². The topological polar surface area (TPSA) is 149 Å². The minimum Gasteiger partial charge on any atom is -0.468 e. The van der Waals surface area contributed by atoms with Gasteiger partial charge in [-0.3, -0.25) is 19.7 Å². The molecule has 1 saturated heterocycles. The summed E-state index contributed by atoms with van der Waals surface area (Å²) in [7, 11) is -3.22. The molecule has 1 fully saturated rings. The van der Waals surface area contributed by atoms with Gasteiger partial charge in [-0.05, 0) is 60.0 Å². The number of benzene rings is 2. The Morgan fingerprint density at radius 1 is 1.09 bits per heavy atom. The van der Waals surface area contributed by atoms with Crippen LogP contribution in [0.3, 0.4) is 0 Å². The van der Waals surface area contributed by atoms with Crippen LogP contribution in [0.15, 0.2) is 65.7 Å². The Morgan fingerprint density at radius 2 is 1.80 bits per heavy atom. The Hall–Kier alpha value is -4.57. The minimum absolute atomic E-state index is 0.0266. The maximum Gasteiger partial charge on any atom is 0.417 e. The largest absolute Gasteiger partial charge is 0.468 e. The second kappa shape index (κ2) is 13.0. The standard InChI is InChI=1S/C28H27F3N4O8S/c1-18-3-9-23(13-20(18)14-26(36)43-17-19-4-7-22(8-5-19)35(38)39)44(40,41)34-12-11-33(16-24(34)27(37)42-2)25-10-6-21(15-32-25)28(29,30)31/h3-10,13,15,24H,11-12,14,16-17H2,1-2H3. The highest BCUT2D eigenvalue weighted by Crippen LogP contribution is 2.31. The number of halogens is 3. The van der Waals surface area contributed by atoms with Gasteiger partial charge in [0.05, 0.1) is 28.9 Å². The molecule has 1 aliphatic heterocycles. The molecular formula is C28H27F3N4O8S. The fourth-order valence-electron chi connectivity index (χ4n) is 4.55. The van der Waals surface area contributed by atoms with E-state index in [0.717, 1.165) is 23.5 Å². The quantitative estimate of drug-likeness (QED) is 0.194. The third-order valence-corrected chi connectivity index (χ3v) is 8.92. The van der Waals surface area contributed by atoms with Gasteiger partial charge in [-0.1, -0.05) is 6.07 Å². The van der Waals surface area contributed by atoms with Gasteiger partial charge in [0.15, 0.2) is 0 Å². The number of anilines is 1. The van der Waals surface area contributed by atoms with Crippen molar-refractivity contribution in [1.82, 2.24) is 9.29 Å². The third-order valence-electron chi connectivity index (χ3n) is 7.01. The zero-order valence-corrected chi connectivity index (χ0v) is 24.3. The highest BCUT2D eigenvalue weighted by Gasteiger charge is 2.41. The van der Waals surface area contributed by atoms with Crippen molar-refractivity contribution in [2.24, 2.45) is 0 Å². The van der Waals surface area contributed by atoms with Gasteiger partial charge < -0.3 is 14.4 Å². The second-order valence-electron chi connectivity index (χ2n) is 9.85. The number of carbonyl (C=O) groups is 2. The number of sulfonamides is 1. The number of nitro groups is 1. The zero-order valence-electron chi connectivity index (χ0n) is 23.5. The summed E-state index contributed by atoms with van der Waals surface area (Å²) in [5, 5.41) is 10.8. The molecule has 0 spiro atoms. The number of esters is 2. The first-order valence-electron chi connectivity index (χ1n) is 13.1. The average Bonchev–Trinajstić information content (AvgIpc) is 3.00. The van der Waals surface area contributed by atoms with E-state index in [9.17, 15) is 41.3 Å². The van der Waals surface area contributed by atoms with E-state index in [1.807, 2.05) is 0 Å². The van der Waals surface area contributed by atoms with Crippen LogP contribution in [0.4, 0.5) is 24.7 Å². The van der Waals surface area contributed by atoms with Gasteiger partial charge in [0.1, 0.15) is 18.5 Å². The van der Waals surface area contributed by atoms with Gasteiger partial charge in [0.2, 0.25) is 10.0 Å². The molecule has 0 amide bonds. The predicted molar refractivity (Wildman–Crippen MR) is 149 cm³/mol. The second-order valence-corrected chi connectivity index (χ2v) is 11.7. The lowest BCUT2D eigenvalue weighted by Gasteiger charge is -2.39. The molecule has 12 nitrogen and oxygen atoms in total. The molecule has 0 aliphatic carbocycles. The number of hydrogen-bond donors (Lipinski definition) is 0. The summed E-state index contributed by atoms with van der Waals surface area (Å²) in [6, 6.07) is 10.3. The molecule has 1 aliphatic rings. The highest BCUT2D eigenvalue weighted by atomic mass is 32.2. The van der Waals surface area contributed by atoms with Crippen molar-refractivity contribution in [3.8, 4) is 0 Å². The number of piperazine rings is 1. The van der Waals surface area contributed by atoms with Crippen molar-refractivity contribution < 1.29 is 45.6 Å². The van der Waals surface area contributed by atoms with Gasteiger partial charge in [0, 0.05) is 38.0 Å². The number of nitro benzene ring substituents is 1. The summed E-state index contributed by atoms with van der Waals surface area (Å²) >= 11 is 0. The molecule has 1 aromatic heterocycles. The van der Waals surface area contributed by atoms with Crippen LogP contribution in [-0.2, 0) is 48.3 Å². The molecule has 0 saturated carbocycles. The lowest BCUT2D eigenvalue weighted by atomic mass is 10.1. The summed E-state index contributed by atoms with van der Waals surface area (Å²) in [6.45, 7) is 1.14. The lowest BCUT2D eigenvalue weighted by Crippen LogP contribution is -2.58. The molecule has 1 atom stereocenters. The molecule has 44 heavy (non-hydrogen) atoms. The molecule has 2 aromatic carbocycles. The fourth-order valence-corrected chi connectivity index (χ4v) is 6.16. The van der Waals surface area contributed by atoms with Crippen LogP contribution in [0.2, 0.25) is 0 Å². The number of pyridine rings is 1. The summed E-state index contributed by atoms with van der Waals surface area (Å²) in [5.41, 5.74) is 0.440. The summed E-state index contributed by atoms with van der Waals surface area (Å²) in [4.78, 5) is 40.7. The number of methoxy groups -OCH3 is 1. The molecule has 0 N–H and O–H groups in total. The van der Waals surface area contributed by atoms with Crippen LogP contribution in [-0.4, -0.2) is 67.4 Å². The van der Waals surface area contributed by atoms with Gasteiger partial charge in [-0.15, -0.1) is 0 Å². The number of hydrogen-bond acceptors (Lipinski definition) is 10. The van der Waals surface area contributed by atoms with Crippen LogP contribution in [0, 0.1) is 17.0 Å². The smallest absolute Gasteiger partial charge is 0.417 e. The summed E-state index contributed by atoms with van der Waals surface area (Å²) in [5.74, 6) is -1.40. The monoisotopic (exact) mass is 636 g/mol. The Labute approximate surface area is 250 Å². The predicted octanol–water partition coefficient (Wildman–Crippen LogP) is 3.66. The summed E-state index contributed by atoms with van der Waals surface area (Å²) < 4.78 is 77.4. The van der Waals surface area contributed by atoms with E-state index in [4.69, 9.17) is 9.47 Å². The fraction of sp³-hybridized carbons (Fsp3) is 0.321. The minimum atomic E-state index is -4.58. The van der Waals surface area contributed by atoms with Crippen molar-refractivity contribution in [1.29, 1.82) is 0 Å². The van der Waals surface area contributed by atoms with Crippen molar-refractivity contribution in [2.75, 3.05) is 31.6 Å². The average molecular weight is 637 g/mol. The van der Waals surface area contributed by atoms with Crippen molar-refractivity contribution in [2.45, 2.75) is 37.1 Å². The van der Waals surface area contributed by atoms with E-state index < -0.39 is 44.7 Å². The summed E-state index contributed by atoms with van der Waals surface area (Å²) in [6.07, 6.45) is -4.18. The first-order valence-corrected chi connectivity index (χ1v) is 14.5. The van der Waals surface area contributed by atoms with Crippen molar-refractivity contribution >= 4 is 33.5 Å². The lowest BCUT2D eigenvalue weighted by molar-refractivity contribution is -0.384. The van der Waals surface area contributed by atoms with Crippen LogP contribution >= 0.6 is 0 Å². The van der Waals surface area contributed by atoms with E-state index in [2.05, 4.69) is 4.98 Å². The number of alkyl halides is 3. The highest BCUT2D eigenvalue weighted by molar-refractivity contribution is 7.89. The third kappa shape index (κ3) is 7.31. The van der Waals surface area contributed by atoms with Gasteiger partial charge in [0.25, 0.3) is 5.69 Å². The normalized spacial score (nSPS) is 15.9. The number of aromatic nitrogens is 1. The van der Waals surface area contributed by atoms with Gasteiger partial charge in [-0.25, -0.2) is 13.4 Å². The number of rotatable bonds is 9. The molecule has 234 valence electrons. The zero-order chi connectivity index (χ0) is 32.2. The number of aryl methyl sites for hydroxylation is 1. The molecule has 2 heterocycles. The molecule has 3 aromatic rings. The van der Waals surface area contributed by atoms with E-state index in [-0.39, 0.29) is 49.1 Å². The Balaban J connectivity index is 1.49. The number of ether oxygens (including phenoxy) is 2. The van der Waals surface area contributed by atoms with Crippen LogP contribution in [0.5, 0.6) is 0 Å². The first kappa shape index (κ1) is 32.3. The van der Waals surface area contributed by atoms with Crippen LogP contribution < -0.4 is 4.90 Å². The molecule has 4 rings (SSSR count). The maximum atomic E-state index is 13.7. The van der Waals surface area contributed by atoms with Crippen LogP contribution in [0.25, 0.3) is 0 Å². The maximum absolute atomic E-state index is 13.7. The molecule has 0 radical (unpaired) electrons. The molecule has 0 bridgehead atoms. The Morgan fingerprint density at radius 3 is 2.39 bits per heavy atom. The number of non-ortho nitro benzene ring substituents is 1. The van der Waals surface area contributed by atoms with Crippen molar-refractivity contribution in [3.05, 3.63) is 93.2 Å². The van der Waals surface area contributed by atoms with E-state index >= 15 is 0 Å². The van der Waals surface area contributed by atoms with E-state index in [1.54, 1.807) is 6.92 Å². The SMILES string of the molecule is COC(=O)C1CN(c2ccc(C(F)(F)F)cn2)CCN1S(=O)(=O)c1ccc(C)c(CC(=O)OCc2ccc([N+](=O)[O-])cc2)c1. The first-order chi connectivity index (χ1) is 20.7. The van der Waals surface area contributed by atoms with E-state index in [1.165, 1.54) is 47.4 Å². The molecule has 16 heteroatoms. The number of carbonyl (C=O) groups excluding carboxylic acids is 2. The molecule has 1 unspecified atom stereocenters. The van der Waals surface area contributed by atoms with Crippen molar-refractivity contribution in [3.63, 3.8) is 0 Å². The van der Waals surface area contributed by atoms with E-state index in [0.29, 0.717) is 22.9 Å². The van der Waals surface area contributed by atoms with Gasteiger partial charge >= 0.3 is 18.1 Å². The van der Waals surface area contributed by atoms with Crippen LogP contribution in [0.1, 0.15) is 22.3 Å². The Bertz CT molecular complexity index is 1650.